The van der Waals surface area contributed by atoms with Crippen LogP contribution in [0.15, 0.2) is 28.7 Å². The minimum Gasteiger partial charge on any atom is -0.355 e. The van der Waals surface area contributed by atoms with Crippen molar-refractivity contribution < 1.29 is 9.59 Å². The van der Waals surface area contributed by atoms with Crippen molar-refractivity contribution in [2.75, 3.05) is 26.7 Å². The quantitative estimate of drug-likeness (QED) is 0.731. The summed E-state index contributed by atoms with van der Waals surface area (Å²) in [5.41, 5.74) is 1.15. The van der Waals surface area contributed by atoms with Crippen LogP contribution in [0.25, 0.3) is 0 Å². The summed E-state index contributed by atoms with van der Waals surface area (Å²) >= 11 is 3.39. The molecule has 0 atom stereocenters. The van der Waals surface area contributed by atoms with Gasteiger partial charge in [-0.3, -0.25) is 14.5 Å². The Labute approximate surface area is 127 Å². The van der Waals surface area contributed by atoms with E-state index < -0.39 is 0 Å². The van der Waals surface area contributed by atoms with E-state index in [4.69, 9.17) is 0 Å². The molecule has 0 saturated carbocycles. The van der Waals surface area contributed by atoms with Gasteiger partial charge in [0, 0.05) is 31.0 Å². The fourth-order valence-electron chi connectivity index (χ4n) is 1.70. The molecule has 1 rings (SSSR count). The van der Waals surface area contributed by atoms with E-state index in [-0.39, 0.29) is 11.8 Å². The van der Waals surface area contributed by atoms with Crippen LogP contribution in [0.1, 0.15) is 12.5 Å². The van der Waals surface area contributed by atoms with Gasteiger partial charge in [0.15, 0.2) is 0 Å². The first-order valence-electron chi connectivity index (χ1n) is 6.41. The van der Waals surface area contributed by atoms with E-state index in [1.165, 1.54) is 6.92 Å². The van der Waals surface area contributed by atoms with Gasteiger partial charge in [-0.25, -0.2) is 0 Å². The molecular weight excluding hydrogens is 322 g/mol. The molecule has 0 aromatic heterocycles. The molecule has 20 heavy (non-hydrogen) atoms. The maximum atomic E-state index is 11.7. The third-order valence-corrected chi connectivity index (χ3v) is 3.13. The van der Waals surface area contributed by atoms with Crippen LogP contribution in [-0.4, -0.2) is 43.4 Å². The highest BCUT2D eigenvalue weighted by atomic mass is 79.9. The van der Waals surface area contributed by atoms with E-state index in [1.807, 2.05) is 36.2 Å². The molecule has 5 nitrogen and oxygen atoms in total. The molecule has 0 heterocycles. The number of nitrogens with one attached hydrogen (secondary N) is 2. The number of carbonyl (C=O) groups is 2. The van der Waals surface area contributed by atoms with Gasteiger partial charge in [-0.1, -0.05) is 28.1 Å². The van der Waals surface area contributed by atoms with Gasteiger partial charge in [-0.05, 0) is 24.7 Å². The van der Waals surface area contributed by atoms with E-state index in [2.05, 4.69) is 26.6 Å². The summed E-state index contributed by atoms with van der Waals surface area (Å²) in [5.74, 6) is -0.137. The summed E-state index contributed by atoms with van der Waals surface area (Å²) in [7, 11) is 1.90. The van der Waals surface area contributed by atoms with Crippen molar-refractivity contribution in [3.63, 3.8) is 0 Å². The lowest BCUT2D eigenvalue weighted by molar-refractivity contribution is -0.122. The number of benzene rings is 1. The number of likely N-dealkylation sites (N-methyl/N-ethyl adjacent to an activating group) is 1. The first-order valence-corrected chi connectivity index (χ1v) is 7.21. The molecule has 6 heteroatoms. The summed E-state index contributed by atoms with van der Waals surface area (Å²) in [6.07, 6.45) is 0. The molecule has 1 aromatic carbocycles. The second-order valence-electron chi connectivity index (χ2n) is 4.63. The topological polar surface area (TPSA) is 61.4 Å². The SMILES string of the molecule is CC(=O)NCCNC(=O)CN(C)Cc1ccc(Br)cc1. The smallest absolute Gasteiger partial charge is 0.234 e. The normalized spacial score (nSPS) is 10.4. The van der Waals surface area contributed by atoms with Crippen molar-refractivity contribution in [3.8, 4) is 0 Å². The maximum Gasteiger partial charge on any atom is 0.234 e. The number of nitrogens with zero attached hydrogens (tertiary/aromatic N) is 1. The lowest BCUT2D eigenvalue weighted by atomic mass is 10.2. The van der Waals surface area contributed by atoms with E-state index in [9.17, 15) is 9.59 Å². The summed E-state index contributed by atoms with van der Waals surface area (Å²) in [4.78, 5) is 24.3. The number of hydrogen-bond donors (Lipinski definition) is 2. The molecule has 0 spiro atoms. The fraction of sp³-hybridized carbons (Fsp3) is 0.429. The Balaban J connectivity index is 2.24. The molecule has 0 radical (unpaired) electrons. The third-order valence-electron chi connectivity index (χ3n) is 2.60. The van der Waals surface area contributed by atoms with Crippen LogP contribution in [-0.2, 0) is 16.1 Å². The Hall–Kier alpha value is -1.40. The molecule has 2 amide bonds. The van der Waals surface area contributed by atoms with Crippen LogP contribution < -0.4 is 10.6 Å². The van der Waals surface area contributed by atoms with Gasteiger partial charge in [0.2, 0.25) is 11.8 Å². The number of rotatable bonds is 7. The minimum absolute atomic E-state index is 0.0463. The highest BCUT2D eigenvalue weighted by Crippen LogP contribution is 2.11. The average molecular weight is 342 g/mol. The molecule has 0 fully saturated rings. The largest absolute Gasteiger partial charge is 0.355 e. The first kappa shape index (κ1) is 16.7. The van der Waals surface area contributed by atoms with Crippen molar-refractivity contribution in [2.24, 2.45) is 0 Å². The Bertz CT molecular complexity index is 448. The third kappa shape index (κ3) is 7.25. The van der Waals surface area contributed by atoms with Crippen molar-refractivity contribution in [1.82, 2.24) is 15.5 Å². The van der Waals surface area contributed by atoms with Crippen molar-refractivity contribution in [3.05, 3.63) is 34.3 Å². The van der Waals surface area contributed by atoms with Crippen molar-refractivity contribution in [1.29, 1.82) is 0 Å². The van der Waals surface area contributed by atoms with Crippen molar-refractivity contribution in [2.45, 2.75) is 13.5 Å². The number of halogens is 1. The Morgan fingerprint density at radius 3 is 2.35 bits per heavy atom. The lowest BCUT2D eigenvalue weighted by Gasteiger charge is -2.16. The maximum absolute atomic E-state index is 11.7. The minimum atomic E-state index is -0.0911. The van der Waals surface area contributed by atoms with Crippen LogP contribution >= 0.6 is 15.9 Å². The van der Waals surface area contributed by atoms with Gasteiger partial charge in [-0.15, -0.1) is 0 Å². The Morgan fingerprint density at radius 2 is 1.75 bits per heavy atom. The first-order chi connectivity index (χ1) is 9.47. The molecule has 0 aliphatic rings. The van der Waals surface area contributed by atoms with Crippen LogP contribution in [0.5, 0.6) is 0 Å². The zero-order valence-electron chi connectivity index (χ0n) is 11.8. The molecule has 110 valence electrons. The molecule has 1 aromatic rings. The Kier molecular flexibility index (Phi) is 7.25. The molecule has 0 bridgehead atoms. The van der Waals surface area contributed by atoms with E-state index in [1.54, 1.807) is 0 Å². The zero-order chi connectivity index (χ0) is 15.0. The second kappa shape index (κ2) is 8.71. The van der Waals surface area contributed by atoms with E-state index >= 15 is 0 Å². The molecule has 0 aliphatic heterocycles. The molecule has 0 saturated heterocycles. The molecular formula is C14H20BrN3O2. The molecule has 2 N–H and O–H groups in total. The summed E-state index contributed by atoms with van der Waals surface area (Å²) < 4.78 is 1.04. The standard InChI is InChI=1S/C14H20BrN3O2/c1-11(19)16-7-8-17-14(20)10-18(2)9-12-3-5-13(15)6-4-12/h3-6H,7-10H2,1-2H3,(H,16,19)(H,17,20). The van der Waals surface area contributed by atoms with E-state index in [0.717, 1.165) is 10.0 Å². The van der Waals surface area contributed by atoms with Crippen LogP contribution in [0.4, 0.5) is 0 Å². The van der Waals surface area contributed by atoms with Gasteiger partial charge >= 0.3 is 0 Å². The number of hydrogen-bond acceptors (Lipinski definition) is 3. The Morgan fingerprint density at radius 1 is 1.15 bits per heavy atom. The summed E-state index contributed by atoms with van der Waals surface area (Å²) in [6, 6.07) is 8.01. The average Bonchev–Trinajstić information content (AvgIpc) is 2.37. The van der Waals surface area contributed by atoms with Crippen molar-refractivity contribution >= 4 is 27.7 Å². The van der Waals surface area contributed by atoms with E-state index in [0.29, 0.717) is 26.2 Å². The number of carbonyl (C=O) groups excluding carboxylic acids is 2. The highest BCUT2D eigenvalue weighted by Gasteiger charge is 2.06. The second-order valence-corrected chi connectivity index (χ2v) is 5.55. The van der Waals surface area contributed by atoms with Gasteiger partial charge in [-0.2, -0.15) is 0 Å². The number of amides is 2. The van der Waals surface area contributed by atoms with Gasteiger partial charge in [0.25, 0.3) is 0 Å². The molecule has 0 unspecified atom stereocenters. The van der Waals surface area contributed by atoms with Gasteiger partial charge in [0.1, 0.15) is 0 Å². The van der Waals surface area contributed by atoms with Gasteiger partial charge < -0.3 is 10.6 Å². The van der Waals surface area contributed by atoms with Crippen LogP contribution in [0, 0.1) is 0 Å². The monoisotopic (exact) mass is 341 g/mol. The van der Waals surface area contributed by atoms with Crippen LogP contribution in [0.2, 0.25) is 0 Å². The summed E-state index contributed by atoms with van der Waals surface area (Å²) in [6.45, 7) is 3.40. The van der Waals surface area contributed by atoms with Crippen LogP contribution in [0.3, 0.4) is 0 Å². The predicted octanol–water partition coefficient (Wildman–Crippen LogP) is 1.13. The fourth-order valence-corrected chi connectivity index (χ4v) is 1.96. The zero-order valence-corrected chi connectivity index (χ0v) is 13.4. The predicted molar refractivity (Wildman–Crippen MR) is 82.2 cm³/mol. The summed E-state index contributed by atoms with van der Waals surface area (Å²) in [5, 5.41) is 5.39. The lowest BCUT2D eigenvalue weighted by Crippen LogP contribution is -2.38. The molecule has 0 aliphatic carbocycles. The highest BCUT2D eigenvalue weighted by molar-refractivity contribution is 9.10. The van der Waals surface area contributed by atoms with Gasteiger partial charge in [0.05, 0.1) is 6.54 Å².